The van der Waals surface area contributed by atoms with Crippen molar-refractivity contribution in [3.05, 3.63) is 83.0 Å². The van der Waals surface area contributed by atoms with Gasteiger partial charge in [0.05, 0.1) is 5.75 Å². The predicted octanol–water partition coefficient (Wildman–Crippen LogP) is 5.32. The minimum Gasteiger partial charge on any atom is -0.447 e. The summed E-state index contributed by atoms with van der Waals surface area (Å²) in [6.45, 7) is 3.88. The SMILES string of the molecule is Cc1ccc(C)c(NC(=O)C(OC(=O)CSc2ncnc3sccc23)c2ccccc2)c1. The van der Waals surface area contributed by atoms with E-state index in [9.17, 15) is 9.59 Å². The number of nitrogens with one attached hydrogen (secondary N) is 1. The second-order valence-corrected chi connectivity index (χ2v) is 9.05. The number of aryl methyl sites for hydroxylation is 2. The van der Waals surface area contributed by atoms with E-state index in [1.54, 1.807) is 12.1 Å². The fraction of sp³-hybridized carbons (Fsp3) is 0.167. The number of amides is 1. The van der Waals surface area contributed by atoms with Crippen molar-refractivity contribution in [1.82, 2.24) is 9.97 Å². The van der Waals surface area contributed by atoms with Gasteiger partial charge in [0.25, 0.3) is 5.91 Å². The molecule has 8 heteroatoms. The number of rotatable bonds is 7. The number of nitrogens with zero attached hydrogens (tertiary/aromatic N) is 2. The van der Waals surface area contributed by atoms with Crippen LogP contribution in [0.15, 0.2) is 71.3 Å². The number of carbonyl (C=O) groups is 2. The molecule has 2 aromatic carbocycles. The molecule has 1 unspecified atom stereocenters. The molecule has 2 aromatic heterocycles. The predicted molar refractivity (Wildman–Crippen MR) is 128 cm³/mol. The Morgan fingerprint density at radius 3 is 2.72 bits per heavy atom. The summed E-state index contributed by atoms with van der Waals surface area (Å²) in [5.74, 6) is -0.866. The van der Waals surface area contributed by atoms with Gasteiger partial charge in [-0.3, -0.25) is 9.59 Å². The van der Waals surface area contributed by atoms with Crippen LogP contribution in [-0.4, -0.2) is 27.6 Å². The number of benzene rings is 2. The third-order valence-corrected chi connectivity index (χ3v) is 6.59. The van der Waals surface area contributed by atoms with Crippen molar-refractivity contribution in [2.24, 2.45) is 0 Å². The van der Waals surface area contributed by atoms with Crippen LogP contribution in [-0.2, 0) is 14.3 Å². The molecule has 0 saturated heterocycles. The molecular weight excluding hydrogens is 442 g/mol. The fourth-order valence-electron chi connectivity index (χ4n) is 3.14. The first-order valence-electron chi connectivity index (χ1n) is 9.95. The second-order valence-electron chi connectivity index (χ2n) is 7.20. The van der Waals surface area contributed by atoms with Crippen molar-refractivity contribution in [3.63, 3.8) is 0 Å². The maximum absolute atomic E-state index is 13.1. The highest BCUT2D eigenvalue weighted by Gasteiger charge is 2.26. The summed E-state index contributed by atoms with van der Waals surface area (Å²) in [5.41, 5.74) is 3.26. The largest absolute Gasteiger partial charge is 0.447 e. The summed E-state index contributed by atoms with van der Waals surface area (Å²) in [5, 5.41) is 6.46. The van der Waals surface area contributed by atoms with Crippen LogP contribution in [0, 0.1) is 13.8 Å². The van der Waals surface area contributed by atoms with Crippen molar-refractivity contribution < 1.29 is 14.3 Å². The minimum absolute atomic E-state index is 0.0298. The summed E-state index contributed by atoms with van der Waals surface area (Å²) < 4.78 is 5.64. The summed E-state index contributed by atoms with van der Waals surface area (Å²) in [7, 11) is 0. The Morgan fingerprint density at radius 2 is 1.91 bits per heavy atom. The van der Waals surface area contributed by atoms with Gasteiger partial charge < -0.3 is 10.1 Å². The summed E-state index contributed by atoms with van der Waals surface area (Å²) >= 11 is 2.79. The molecule has 0 radical (unpaired) electrons. The van der Waals surface area contributed by atoms with Gasteiger partial charge in [0.2, 0.25) is 6.10 Å². The molecule has 32 heavy (non-hydrogen) atoms. The molecule has 0 spiro atoms. The van der Waals surface area contributed by atoms with Crippen LogP contribution in [0.2, 0.25) is 0 Å². The van der Waals surface area contributed by atoms with E-state index in [2.05, 4.69) is 15.3 Å². The molecule has 1 N–H and O–H groups in total. The molecule has 4 aromatic rings. The van der Waals surface area contributed by atoms with Gasteiger partial charge in [-0.2, -0.15) is 0 Å². The van der Waals surface area contributed by atoms with Crippen LogP contribution in [0.4, 0.5) is 5.69 Å². The topological polar surface area (TPSA) is 81.2 Å². The van der Waals surface area contributed by atoms with E-state index in [0.717, 1.165) is 21.3 Å². The van der Waals surface area contributed by atoms with Crippen LogP contribution in [0.1, 0.15) is 22.8 Å². The zero-order valence-electron chi connectivity index (χ0n) is 17.6. The van der Waals surface area contributed by atoms with E-state index in [1.807, 2.05) is 61.7 Å². The molecule has 4 rings (SSSR count). The molecule has 1 atom stereocenters. The first kappa shape index (κ1) is 22.0. The maximum atomic E-state index is 13.1. The lowest BCUT2D eigenvalue weighted by Gasteiger charge is -2.19. The van der Waals surface area contributed by atoms with E-state index in [1.165, 1.54) is 29.4 Å². The number of carbonyl (C=O) groups excluding carboxylic acids is 2. The van der Waals surface area contributed by atoms with Gasteiger partial charge in [0.15, 0.2) is 0 Å². The van der Waals surface area contributed by atoms with Crippen molar-refractivity contribution in [1.29, 1.82) is 0 Å². The summed E-state index contributed by atoms with van der Waals surface area (Å²) in [6, 6.07) is 16.8. The number of anilines is 1. The quantitative estimate of drug-likeness (QED) is 0.227. The van der Waals surface area contributed by atoms with Gasteiger partial charge in [-0.15, -0.1) is 11.3 Å². The lowest BCUT2D eigenvalue weighted by atomic mass is 10.1. The lowest BCUT2D eigenvalue weighted by molar-refractivity contribution is -0.152. The molecule has 6 nitrogen and oxygen atoms in total. The van der Waals surface area contributed by atoms with Crippen LogP contribution in [0.25, 0.3) is 10.2 Å². The first-order chi connectivity index (χ1) is 15.5. The number of hydrogen-bond acceptors (Lipinski definition) is 7. The number of thiophene rings is 1. The molecule has 0 aliphatic carbocycles. The molecule has 0 fully saturated rings. The smallest absolute Gasteiger partial charge is 0.317 e. The number of ether oxygens (including phenoxy) is 1. The van der Waals surface area contributed by atoms with Crippen molar-refractivity contribution in [2.75, 3.05) is 11.1 Å². The fourth-order valence-corrected chi connectivity index (χ4v) is 4.71. The Kier molecular flexibility index (Phi) is 6.82. The van der Waals surface area contributed by atoms with Crippen LogP contribution in [0.3, 0.4) is 0 Å². The molecule has 0 aliphatic rings. The van der Waals surface area contributed by atoms with Gasteiger partial charge in [-0.1, -0.05) is 54.2 Å². The highest BCUT2D eigenvalue weighted by atomic mass is 32.2. The number of thioether (sulfide) groups is 1. The van der Waals surface area contributed by atoms with Crippen LogP contribution >= 0.6 is 23.1 Å². The third-order valence-electron chi connectivity index (χ3n) is 4.79. The highest BCUT2D eigenvalue weighted by Crippen LogP contribution is 2.28. The monoisotopic (exact) mass is 463 g/mol. The van der Waals surface area contributed by atoms with E-state index in [4.69, 9.17) is 4.74 Å². The zero-order chi connectivity index (χ0) is 22.5. The number of hydrogen-bond donors (Lipinski definition) is 1. The highest BCUT2D eigenvalue weighted by molar-refractivity contribution is 8.00. The molecule has 2 heterocycles. The van der Waals surface area contributed by atoms with Crippen LogP contribution in [0.5, 0.6) is 0 Å². The normalized spacial score (nSPS) is 11.8. The van der Waals surface area contributed by atoms with Crippen molar-refractivity contribution >= 4 is 50.9 Å². The number of esters is 1. The van der Waals surface area contributed by atoms with E-state index in [0.29, 0.717) is 16.3 Å². The standard InChI is InChI=1S/C24H21N3O3S2/c1-15-8-9-16(2)19(12-15)27-22(29)21(17-6-4-3-5-7-17)30-20(28)13-32-24-18-10-11-31-23(18)25-14-26-24/h3-12,14,21H,13H2,1-2H3,(H,27,29). The summed E-state index contributed by atoms with van der Waals surface area (Å²) in [4.78, 5) is 35.2. The Bertz CT molecular complexity index is 1260. The molecule has 0 aliphatic heterocycles. The molecule has 1 amide bonds. The Hall–Kier alpha value is -3.23. The molecule has 0 saturated carbocycles. The van der Waals surface area contributed by atoms with Crippen molar-refractivity contribution in [3.8, 4) is 0 Å². The number of fused-ring (bicyclic) bond motifs is 1. The average Bonchev–Trinajstić information content (AvgIpc) is 3.28. The van der Waals surface area contributed by atoms with E-state index < -0.39 is 18.0 Å². The third kappa shape index (κ3) is 5.15. The lowest BCUT2D eigenvalue weighted by Crippen LogP contribution is -2.26. The maximum Gasteiger partial charge on any atom is 0.317 e. The van der Waals surface area contributed by atoms with E-state index >= 15 is 0 Å². The van der Waals surface area contributed by atoms with Crippen molar-refractivity contribution in [2.45, 2.75) is 25.0 Å². The van der Waals surface area contributed by atoms with Gasteiger partial charge in [0, 0.05) is 16.6 Å². The van der Waals surface area contributed by atoms with E-state index in [-0.39, 0.29) is 5.75 Å². The zero-order valence-corrected chi connectivity index (χ0v) is 19.2. The Balaban J connectivity index is 1.49. The number of aromatic nitrogens is 2. The average molecular weight is 464 g/mol. The molecule has 0 bridgehead atoms. The van der Waals surface area contributed by atoms with Gasteiger partial charge in [-0.25, -0.2) is 9.97 Å². The Labute approximate surface area is 194 Å². The second kappa shape index (κ2) is 9.93. The first-order valence-corrected chi connectivity index (χ1v) is 11.8. The molecule has 162 valence electrons. The summed E-state index contributed by atoms with van der Waals surface area (Å²) in [6.07, 6.45) is 0.424. The van der Waals surface area contributed by atoms with Gasteiger partial charge >= 0.3 is 5.97 Å². The van der Waals surface area contributed by atoms with Gasteiger partial charge in [0.1, 0.15) is 16.2 Å². The van der Waals surface area contributed by atoms with Gasteiger partial charge in [-0.05, 0) is 42.5 Å². The Morgan fingerprint density at radius 1 is 1.09 bits per heavy atom. The minimum atomic E-state index is -1.06. The van der Waals surface area contributed by atoms with Crippen LogP contribution < -0.4 is 5.32 Å². The molecular formula is C24H21N3O3S2.